The molecule has 11 heteroatoms. The Morgan fingerprint density at radius 1 is 1.05 bits per heavy atom. The van der Waals surface area contributed by atoms with E-state index in [1.54, 1.807) is 0 Å². The zero-order valence-corrected chi connectivity index (χ0v) is 23.5. The average Bonchev–Trinajstić information content (AvgIpc) is 2.99. The fourth-order valence-electron chi connectivity index (χ4n) is 4.42. The molecule has 0 radical (unpaired) electrons. The first kappa shape index (κ1) is 29.3. The van der Waals surface area contributed by atoms with Crippen LogP contribution >= 0.6 is 0 Å². The molecule has 9 nitrogen and oxygen atoms in total. The molecule has 0 saturated carbocycles. The first-order valence-corrected chi connectivity index (χ1v) is 13.0. The van der Waals surface area contributed by atoms with Crippen molar-refractivity contribution in [1.82, 2.24) is 14.9 Å². The Labute approximate surface area is 238 Å². The van der Waals surface area contributed by atoms with Crippen LogP contribution < -0.4 is 25.0 Å². The maximum atomic E-state index is 14.6. The number of piperazine rings is 1. The first-order chi connectivity index (χ1) is 19.8. The topological polar surface area (TPSA) is 91.9 Å². The number of nitrogens with zero attached hydrogens (tertiary/aromatic N) is 4. The van der Waals surface area contributed by atoms with E-state index in [1.807, 2.05) is 13.0 Å². The standard InChI is InChI=1S/C30H32F2N6O3/c1-6-26(39)35-23-15-21(38-12-10-37(7-2)11-13-38)14-19(3)29(23)36-30-33-17-20(18-34-30)8-9-22-27(31)24(40-4)16-25(41-5)28(22)32/h6,14-18H,1,7,10-13H2,2-5H3,(H,35,39)(H,33,34,36). The van der Waals surface area contributed by atoms with Crippen LogP contribution in [0.3, 0.4) is 0 Å². The largest absolute Gasteiger partial charge is 0.493 e. The van der Waals surface area contributed by atoms with E-state index >= 15 is 0 Å². The van der Waals surface area contributed by atoms with Crippen LogP contribution in [0.2, 0.25) is 0 Å². The second-order valence-corrected chi connectivity index (χ2v) is 9.25. The fraction of sp³-hybridized carbons (Fsp3) is 0.300. The van der Waals surface area contributed by atoms with Gasteiger partial charge in [-0.1, -0.05) is 25.3 Å². The second kappa shape index (κ2) is 13.1. The lowest BCUT2D eigenvalue weighted by Crippen LogP contribution is -2.46. The van der Waals surface area contributed by atoms with Gasteiger partial charge in [0, 0.05) is 50.3 Å². The number of carbonyl (C=O) groups is 1. The van der Waals surface area contributed by atoms with Gasteiger partial charge in [0.1, 0.15) is 5.56 Å². The maximum absolute atomic E-state index is 14.6. The molecule has 0 spiro atoms. The molecule has 1 fully saturated rings. The van der Waals surface area contributed by atoms with Crippen LogP contribution in [0.4, 0.5) is 31.8 Å². The number of carbonyl (C=O) groups excluding carboxylic acids is 1. The molecule has 2 aromatic carbocycles. The molecular weight excluding hydrogens is 530 g/mol. The van der Waals surface area contributed by atoms with Gasteiger partial charge in [-0.25, -0.2) is 18.7 Å². The van der Waals surface area contributed by atoms with Gasteiger partial charge in [0.15, 0.2) is 23.1 Å². The van der Waals surface area contributed by atoms with Crippen LogP contribution in [0.25, 0.3) is 0 Å². The molecular formula is C30H32F2N6O3. The van der Waals surface area contributed by atoms with Crippen molar-refractivity contribution in [2.75, 3.05) is 62.5 Å². The van der Waals surface area contributed by atoms with Gasteiger partial charge in [-0.3, -0.25) is 4.79 Å². The number of amides is 1. The summed E-state index contributed by atoms with van der Waals surface area (Å²) in [6, 6.07) is 5.09. The van der Waals surface area contributed by atoms with Crippen molar-refractivity contribution < 1.29 is 23.0 Å². The van der Waals surface area contributed by atoms with Crippen molar-refractivity contribution in [2.45, 2.75) is 13.8 Å². The number of hydrogen-bond donors (Lipinski definition) is 2. The van der Waals surface area contributed by atoms with Crippen LogP contribution in [0.1, 0.15) is 23.6 Å². The van der Waals surface area contributed by atoms with Gasteiger partial charge in [-0.2, -0.15) is 0 Å². The molecule has 3 aromatic rings. The van der Waals surface area contributed by atoms with Crippen LogP contribution in [0, 0.1) is 30.4 Å². The highest BCUT2D eigenvalue weighted by Gasteiger charge is 2.20. The highest BCUT2D eigenvalue weighted by Crippen LogP contribution is 2.34. The molecule has 0 aliphatic carbocycles. The minimum atomic E-state index is -0.933. The summed E-state index contributed by atoms with van der Waals surface area (Å²) in [5.41, 5.74) is 2.91. The van der Waals surface area contributed by atoms with Crippen molar-refractivity contribution in [2.24, 2.45) is 0 Å². The summed E-state index contributed by atoms with van der Waals surface area (Å²) in [6.45, 7) is 12.4. The van der Waals surface area contributed by atoms with Crippen molar-refractivity contribution in [1.29, 1.82) is 0 Å². The molecule has 0 atom stereocenters. The zero-order valence-electron chi connectivity index (χ0n) is 23.5. The van der Waals surface area contributed by atoms with Crippen LogP contribution in [0.15, 0.2) is 43.2 Å². The number of aromatic nitrogens is 2. The number of methoxy groups -OCH3 is 2. The highest BCUT2D eigenvalue weighted by atomic mass is 19.1. The smallest absolute Gasteiger partial charge is 0.247 e. The van der Waals surface area contributed by atoms with E-state index in [-0.39, 0.29) is 23.4 Å². The normalized spacial score (nSPS) is 13.2. The quantitative estimate of drug-likeness (QED) is 0.307. The second-order valence-electron chi connectivity index (χ2n) is 9.25. The third kappa shape index (κ3) is 6.73. The summed E-state index contributed by atoms with van der Waals surface area (Å²) in [5, 5.41) is 6.04. The van der Waals surface area contributed by atoms with Gasteiger partial charge >= 0.3 is 0 Å². The molecule has 1 saturated heterocycles. The molecule has 214 valence electrons. The molecule has 1 aliphatic heterocycles. The van der Waals surface area contributed by atoms with E-state index in [4.69, 9.17) is 9.47 Å². The van der Waals surface area contributed by atoms with Crippen molar-refractivity contribution in [3.8, 4) is 23.3 Å². The van der Waals surface area contributed by atoms with Crippen molar-refractivity contribution in [3.05, 3.63) is 71.6 Å². The maximum Gasteiger partial charge on any atom is 0.247 e. The zero-order chi connectivity index (χ0) is 29.5. The van der Waals surface area contributed by atoms with Crippen molar-refractivity contribution in [3.63, 3.8) is 0 Å². The van der Waals surface area contributed by atoms with Crippen LogP contribution in [-0.2, 0) is 4.79 Å². The molecule has 41 heavy (non-hydrogen) atoms. The average molecular weight is 563 g/mol. The Kier molecular flexibility index (Phi) is 9.37. The number of anilines is 4. The van der Waals surface area contributed by atoms with E-state index in [0.717, 1.165) is 50.0 Å². The van der Waals surface area contributed by atoms with Gasteiger partial charge in [-0.15, -0.1) is 0 Å². The van der Waals surface area contributed by atoms with Gasteiger partial charge in [-0.05, 0) is 37.2 Å². The summed E-state index contributed by atoms with van der Waals surface area (Å²) in [4.78, 5) is 25.5. The van der Waals surface area contributed by atoms with E-state index < -0.39 is 17.2 Å². The Morgan fingerprint density at radius 2 is 1.68 bits per heavy atom. The van der Waals surface area contributed by atoms with Crippen LogP contribution in [0.5, 0.6) is 11.5 Å². The summed E-state index contributed by atoms with van der Waals surface area (Å²) in [6.07, 6.45) is 4.06. The Morgan fingerprint density at radius 3 is 2.24 bits per heavy atom. The summed E-state index contributed by atoms with van der Waals surface area (Å²) in [5.74, 6) is 2.81. The molecule has 2 N–H and O–H groups in total. The number of rotatable bonds is 8. The predicted molar refractivity (Wildman–Crippen MR) is 155 cm³/mol. The Bertz CT molecular complexity index is 1460. The molecule has 1 amide bonds. The summed E-state index contributed by atoms with van der Waals surface area (Å²) < 4.78 is 39.2. The highest BCUT2D eigenvalue weighted by molar-refractivity contribution is 6.02. The Balaban J connectivity index is 1.59. The molecule has 4 rings (SSSR count). The molecule has 0 bridgehead atoms. The molecule has 1 aromatic heterocycles. The number of nitrogens with one attached hydrogen (secondary N) is 2. The minimum Gasteiger partial charge on any atom is -0.493 e. The third-order valence-electron chi connectivity index (χ3n) is 6.74. The minimum absolute atomic E-state index is 0.188. The number of ether oxygens (including phenoxy) is 2. The number of hydrogen-bond acceptors (Lipinski definition) is 8. The lowest BCUT2D eigenvalue weighted by atomic mass is 10.1. The van der Waals surface area contributed by atoms with Crippen LogP contribution in [-0.4, -0.2) is 67.7 Å². The number of benzene rings is 2. The first-order valence-electron chi connectivity index (χ1n) is 13.0. The number of aryl methyl sites for hydroxylation is 1. The van der Waals surface area contributed by atoms with E-state index in [1.165, 1.54) is 32.7 Å². The molecule has 1 aliphatic rings. The molecule has 2 heterocycles. The fourth-order valence-corrected chi connectivity index (χ4v) is 4.42. The van der Waals surface area contributed by atoms with E-state index in [9.17, 15) is 13.6 Å². The van der Waals surface area contributed by atoms with Gasteiger partial charge in [0.2, 0.25) is 11.9 Å². The van der Waals surface area contributed by atoms with E-state index in [2.05, 4.69) is 61.8 Å². The summed E-state index contributed by atoms with van der Waals surface area (Å²) in [7, 11) is 2.53. The van der Waals surface area contributed by atoms with Gasteiger partial charge in [0.05, 0.1) is 31.2 Å². The lowest BCUT2D eigenvalue weighted by Gasteiger charge is -2.36. The third-order valence-corrected chi connectivity index (χ3v) is 6.74. The monoisotopic (exact) mass is 562 g/mol. The number of likely N-dealkylation sites (N-methyl/N-ethyl adjacent to an activating group) is 1. The lowest BCUT2D eigenvalue weighted by molar-refractivity contribution is -0.111. The van der Waals surface area contributed by atoms with Gasteiger partial charge < -0.3 is 29.9 Å². The Hall–Kier alpha value is -4.69. The molecule has 0 unspecified atom stereocenters. The number of halogens is 2. The van der Waals surface area contributed by atoms with Gasteiger partial charge in [0.25, 0.3) is 0 Å². The SMILES string of the molecule is C=CC(=O)Nc1cc(N2CCN(CC)CC2)cc(C)c1Nc1ncc(C#Cc2c(F)c(OC)cc(OC)c2F)cn1. The summed E-state index contributed by atoms with van der Waals surface area (Å²) >= 11 is 0. The van der Waals surface area contributed by atoms with Crippen molar-refractivity contribution >= 4 is 28.9 Å². The van der Waals surface area contributed by atoms with E-state index in [0.29, 0.717) is 16.9 Å². The predicted octanol–water partition coefficient (Wildman–Crippen LogP) is 4.49.